The van der Waals surface area contributed by atoms with E-state index in [1.807, 2.05) is 95.9 Å². The Labute approximate surface area is 207 Å². The van der Waals surface area contributed by atoms with Crippen LogP contribution in [-0.4, -0.2) is 42.9 Å². The van der Waals surface area contributed by atoms with E-state index in [0.29, 0.717) is 18.7 Å². The minimum Gasteiger partial charge on any atom is -0.368 e. The Kier molecular flexibility index (Phi) is 6.32. The molecule has 4 aromatic carbocycles. The zero-order valence-electron chi connectivity index (χ0n) is 18.6. The van der Waals surface area contributed by atoms with Crippen molar-refractivity contribution in [2.75, 3.05) is 36.4 Å². The average Bonchev–Trinajstić information content (AvgIpc) is 2.89. The lowest BCUT2D eigenvalue weighted by Crippen LogP contribution is -2.48. The van der Waals surface area contributed by atoms with Crippen molar-refractivity contribution in [2.24, 2.45) is 0 Å². The van der Waals surface area contributed by atoms with Crippen molar-refractivity contribution in [3.8, 4) is 0 Å². The number of hydrogen-bond donors (Lipinski definition) is 1. The van der Waals surface area contributed by atoms with Gasteiger partial charge in [0.05, 0.1) is 0 Å². The summed E-state index contributed by atoms with van der Waals surface area (Å²) in [5.74, 6) is -0.0525. The van der Waals surface area contributed by atoms with Crippen LogP contribution in [0.5, 0.6) is 0 Å². The fraction of sp³-hybridized carbons (Fsp3) is 0.143. The second-order valence-corrected chi connectivity index (χ2v) is 9.14. The molecule has 5 nitrogen and oxygen atoms in total. The van der Waals surface area contributed by atoms with E-state index in [0.717, 1.165) is 45.3 Å². The molecule has 1 heterocycles. The van der Waals surface area contributed by atoms with Crippen molar-refractivity contribution < 1.29 is 9.59 Å². The van der Waals surface area contributed by atoms with E-state index in [-0.39, 0.29) is 11.8 Å². The van der Waals surface area contributed by atoms with Crippen LogP contribution in [0.1, 0.15) is 20.7 Å². The Bertz CT molecular complexity index is 1330. The molecule has 34 heavy (non-hydrogen) atoms. The summed E-state index contributed by atoms with van der Waals surface area (Å²) in [4.78, 5) is 29.8. The molecule has 0 radical (unpaired) electrons. The van der Waals surface area contributed by atoms with Crippen molar-refractivity contribution in [1.82, 2.24) is 4.90 Å². The smallest absolute Gasteiger partial charge is 0.256 e. The Morgan fingerprint density at radius 3 is 2.12 bits per heavy atom. The van der Waals surface area contributed by atoms with E-state index >= 15 is 0 Å². The number of halogens is 1. The number of carbonyl (C=O) groups is 2. The van der Waals surface area contributed by atoms with Crippen LogP contribution in [0.15, 0.2) is 95.5 Å². The van der Waals surface area contributed by atoms with E-state index in [1.165, 1.54) is 0 Å². The predicted octanol–water partition coefficient (Wildman–Crippen LogP) is 5.82. The van der Waals surface area contributed by atoms with Crippen LogP contribution < -0.4 is 10.2 Å². The number of piperazine rings is 1. The van der Waals surface area contributed by atoms with Crippen LogP contribution in [0, 0.1) is 0 Å². The molecule has 6 heteroatoms. The molecule has 1 aliphatic rings. The number of rotatable bonds is 4. The highest BCUT2D eigenvalue weighted by Crippen LogP contribution is 2.27. The molecule has 0 saturated carbocycles. The highest BCUT2D eigenvalue weighted by Gasteiger charge is 2.22. The van der Waals surface area contributed by atoms with Gasteiger partial charge in [0.15, 0.2) is 0 Å². The van der Waals surface area contributed by atoms with Crippen molar-refractivity contribution in [3.63, 3.8) is 0 Å². The highest BCUT2D eigenvalue weighted by atomic mass is 79.9. The van der Waals surface area contributed by atoms with Gasteiger partial charge < -0.3 is 15.1 Å². The molecule has 1 saturated heterocycles. The zero-order chi connectivity index (χ0) is 23.5. The van der Waals surface area contributed by atoms with Gasteiger partial charge in [-0.1, -0.05) is 58.4 Å². The number of fused-ring (bicyclic) bond motifs is 1. The molecule has 0 atom stereocenters. The normalized spacial score (nSPS) is 13.7. The van der Waals surface area contributed by atoms with E-state index in [4.69, 9.17) is 0 Å². The van der Waals surface area contributed by atoms with Gasteiger partial charge in [-0.15, -0.1) is 0 Å². The molecule has 0 spiro atoms. The summed E-state index contributed by atoms with van der Waals surface area (Å²) >= 11 is 3.56. The molecular weight excluding hydrogens is 490 g/mol. The molecule has 0 unspecified atom stereocenters. The van der Waals surface area contributed by atoms with E-state index < -0.39 is 0 Å². The quantitative estimate of drug-likeness (QED) is 0.374. The largest absolute Gasteiger partial charge is 0.368 e. The Balaban J connectivity index is 1.22. The van der Waals surface area contributed by atoms with Crippen LogP contribution in [0.4, 0.5) is 11.4 Å². The first kappa shape index (κ1) is 22.2. The zero-order valence-corrected chi connectivity index (χ0v) is 20.2. The van der Waals surface area contributed by atoms with Gasteiger partial charge in [-0.3, -0.25) is 9.59 Å². The van der Waals surface area contributed by atoms with E-state index in [1.54, 1.807) is 0 Å². The van der Waals surface area contributed by atoms with Crippen LogP contribution in [-0.2, 0) is 0 Å². The molecule has 0 aromatic heterocycles. The summed E-state index contributed by atoms with van der Waals surface area (Å²) in [6.45, 7) is 2.91. The third kappa shape index (κ3) is 4.54. The maximum Gasteiger partial charge on any atom is 0.256 e. The highest BCUT2D eigenvalue weighted by molar-refractivity contribution is 9.10. The topological polar surface area (TPSA) is 52.7 Å². The molecule has 0 aliphatic carbocycles. The standard InChI is InChI=1S/C28H24BrN3O2/c29-26-11-5-8-23-24(26)9-4-10-25(23)27(33)30-21-12-14-22(15-13-21)31-16-18-32(19-17-31)28(34)20-6-2-1-3-7-20/h1-15H,16-19H2,(H,30,33). The van der Waals surface area contributed by atoms with Crippen LogP contribution in [0.25, 0.3) is 10.8 Å². The first-order chi connectivity index (χ1) is 16.6. The third-order valence-electron chi connectivity index (χ3n) is 6.19. The number of amides is 2. The molecule has 2 amide bonds. The lowest BCUT2D eigenvalue weighted by atomic mass is 10.0. The van der Waals surface area contributed by atoms with E-state index in [2.05, 4.69) is 26.1 Å². The Morgan fingerprint density at radius 2 is 1.38 bits per heavy atom. The number of carbonyl (C=O) groups excluding carboxylic acids is 2. The second kappa shape index (κ2) is 9.69. The first-order valence-electron chi connectivity index (χ1n) is 11.3. The lowest BCUT2D eigenvalue weighted by Gasteiger charge is -2.36. The van der Waals surface area contributed by atoms with Crippen LogP contribution in [0.2, 0.25) is 0 Å². The third-order valence-corrected chi connectivity index (χ3v) is 6.88. The van der Waals surface area contributed by atoms with Crippen molar-refractivity contribution >= 4 is 49.9 Å². The summed E-state index contributed by atoms with van der Waals surface area (Å²) in [6, 6.07) is 28.9. The van der Waals surface area contributed by atoms with Gasteiger partial charge in [-0.25, -0.2) is 0 Å². The SMILES string of the molecule is O=C(Nc1ccc(N2CCN(C(=O)c3ccccc3)CC2)cc1)c1cccc2c(Br)cccc12. The molecule has 170 valence electrons. The van der Waals surface area contributed by atoms with Gasteiger partial charge in [0.1, 0.15) is 0 Å². The summed E-state index contributed by atoms with van der Waals surface area (Å²) in [5, 5.41) is 4.94. The second-order valence-electron chi connectivity index (χ2n) is 8.29. The molecular formula is C28H24BrN3O2. The number of nitrogens with zero attached hydrogens (tertiary/aromatic N) is 2. The van der Waals surface area contributed by atoms with Gasteiger partial charge in [0.2, 0.25) is 0 Å². The monoisotopic (exact) mass is 513 g/mol. The Morgan fingerprint density at radius 1 is 0.706 bits per heavy atom. The fourth-order valence-electron chi connectivity index (χ4n) is 4.35. The van der Waals surface area contributed by atoms with Gasteiger partial charge in [0.25, 0.3) is 11.8 Å². The van der Waals surface area contributed by atoms with Crippen LogP contribution in [0.3, 0.4) is 0 Å². The minimum absolute atomic E-state index is 0.0822. The average molecular weight is 514 g/mol. The Hall–Kier alpha value is -3.64. The number of anilines is 2. The summed E-state index contributed by atoms with van der Waals surface area (Å²) < 4.78 is 0.967. The molecule has 0 bridgehead atoms. The fourth-order valence-corrected chi connectivity index (χ4v) is 4.85. The number of nitrogens with one attached hydrogen (secondary N) is 1. The lowest BCUT2D eigenvalue weighted by molar-refractivity contribution is 0.0746. The van der Waals surface area contributed by atoms with Crippen molar-refractivity contribution in [1.29, 1.82) is 0 Å². The van der Waals surface area contributed by atoms with Gasteiger partial charge in [-0.05, 0) is 59.3 Å². The van der Waals surface area contributed by atoms with Gasteiger partial charge in [0, 0.05) is 53.2 Å². The summed E-state index contributed by atoms with van der Waals surface area (Å²) in [5.41, 5.74) is 3.20. The van der Waals surface area contributed by atoms with Crippen molar-refractivity contribution in [2.45, 2.75) is 0 Å². The molecule has 4 aromatic rings. The molecule has 1 N–H and O–H groups in total. The van der Waals surface area contributed by atoms with Gasteiger partial charge >= 0.3 is 0 Å². The molecule has 1 fully saturated rings. The minimum atomic E-state index is -0.135. The summed E-state index contributed by atoms with van der Waals surface area (Å²) in [7, 11) is 0. The van der Waals surface area contributed by atoms with Crippen LogP contribution >= 0.6 is 15.9 Å². The van der Waals surface area contributed by atoms with Crippen molar-refractivity contribution in [3.05, 3.63) is 107 Å². The molecule has 5 rings (SSSR count). The summed E-state index contributed by atoms with van der Waals surface area (Å²) in [6.07, 6.45) is 0. The van der Waals surface area contributed by atoms with Gasteiger partial charge in [-0.2, -0.15) is 0 Å². The maximum absolute atomic E-state index is 13.0. The maximum atomic E-state index is 13.0. The number of benzene rings is 4. The molecule has 1 aliphatic heterocycles. The first-order valence-corrected chi connectivity index (χ1v) is 12.1. The predicted molar refractivity (Wildman–Crippen MR) is 141 cm³/mol. The van der Waals surface area contributed by atoms with E-state index in [9.17, 15) is 9.59 Å². The number of hydrogen-bond acceptors (Lipinski definition) is 3.